The van der Waals surface area contributed by atoms with Crippen LogP contribution in [0.3, 0.4) is 0 Å². The Labute approximate surface area is 222 Å². The van der Waals surface area contributed by atoms with Gasteiger partial charge in [-0.05, 0) is 27.2 Å². The van der Waals surface area contributed by atoms with Crippen molar-refractivity contribution < 1.29 is 47.5 Å². The van der Waals surface area contributed by atoms with Gasteiger partial charge in [-0.25, -0.2) is 0 Å². The molecule has 0 unspecified atom stereocenters. The second-order valence-electron chi connectivity index (χ2n) is 9.43. The van der Waals surface area contributed by atoms with E-state index >= 15 is 0 Å². The van der Waals surface area contributed by atoms with Crippen molar-refractivity contribution in [2.75, 3.05) is 86.3 Å². The molecule has 0 aliphatic rings. The number of hydrogen-bond acceptors (Lipinski definition) is 10. The maximum absolute atomic E-state index is 12.1. The first kappa shape index (κ1) is 35.4. The summed E-state index contributed by atoms with van der Waals surface area (Å²) < 4.78 is 36.9. The van der Waals surface area contributed by atoms with Gasteiger partial charge in [-0.3, -0.25) is 14.4 Å². The fraction of sp³-hybridized carbons (Fsp3) is 0.885. The monoisotopic (exact) mass is 535 g/mol. The second kappa shape index (κ2) is 23.5. The standard InChI is InChI=1S/C26H49NO10/c1-22(25(30)27-9-12-34-17-20-35-14-13-31-5)21-23(28)7-6-10-32-15-18-36-19-16-33-11-8-24(29)37-26(2,3)4/h22H,6-21H2,1-5H3,(H,27,30)/t22-/m1/s1. The lowest BCUT2D eigenvalue weighted by molar-refractivity contribution is -0.156. The highest BCUT2D eigenvalue weighted by Crippen LogP contribution is 2.08. The Kier molecular flexibility index (Phi) is 22.4. The van der Waals surface area contributed by atoms with Gasteiger partial charge in [-0.1, -0.05) is 6.92 Å². The lowest BCUT2D eigenvalue weighted by Gasteiger charge is -2.19. The number of hydrogen-bond donors (Lipinski definition) is 1. The van der Waals surface area contributed by atoms with E-state index < -0.39 is 5.60 Å². The van der Waals surface area contributed by atoms with Crippen LogP contribution < -0.4 is 5.32 Å². The summed E-state index contributed by atoms with van der Waals surface area (Å²) in [4.78, 5) is 35.7. The second-order valence-corrected chi connectivity index (χ2v) is 9.43. The molecule has 11 nitrogen and oxygen atoms in total. The Hall–Kier alpha value is -1.63. The molecule has 0 radical (unpaired) electrons. The number of esters is 1. The van der Waals surface area contributed by atoms with Gasteiger partial charge in [0.05, 0.1) is 72.5 Å². The molecule has 0 heterocycles. The van der Waals surface area contributed by atoms with E-state index in [1.165, 1.54) is 0 Å². The van der Waals surface area contributed by atoms with Crippen LogP contribution in [-0.4, -0.2) is 110 Å². The first-order chi connectivity index (χ1) is 17.7. The summed E-state index contributed by atoms with van der Waals surface area (Å²) in [5.41, 5.74) is -0.487. The zero-order valence-corrected chi connectivity index (χ0v) is 23.5. The molecule has 1 N–H and O–H groups in total. The predicted molar refractivity (Wildman–Crippen MR) is 137 cm³/mol. The van der Waals surface area contributed by atoms with Gasteiger partial charge < -0.3 is 38.5 Å². The van der Waals surface area contributed by atoms with Crippen molar-refractivity contribution in [2.45, 2.75) is 59.0 Å². The largest absolute Gasteiger partial charge is 0.460 e. The summed E-state index contributed by atoms with van der Waals surface area (Å²) in [7, 11) is 1.62. The van der Waals surface area contributed by atoms with Gasteiger partial charge in [-0.2, -0.15) is 0 Å². The number of rotatable bonds is 25. The molecule has 0 aliphatic heterocycles. The Balaban J connectivity index is 3.50. The highest BCUT2D eigenvalue weighted by Gasteiger charge is 2.17. The Bertz CT molecular complexity index is 594. The molecule has 0 rings (SSSR count). The van der Waals surface area contributed by atoms with Gasteiger partial charge >= 0.3 is 5.97 Å². The third-order valence-corrected chi connectivity index (χ3v) is 4.69. The van der Waals surface area contributed by atoms with Crippen LogP contribution in [0.25, 0.3) is 0 Å². The molecule has 0 saturated carbocycles. The number of amides is 1. The van der Waals surface area contributed by atoms with E-state index in [4.69, 9.17) is 33.2 Å². The number of ether oxygens (including phenoxy) is 7. The van der Waals surface area contributed by atoms with Crippen LogP contribution in [0.4, 0.5) is 0 Å². The quantitative estimate of drug-likeness (QED) is 0.137. The lowest BCUT2D eigenvalue weighted by atomic mass is 10.0. The van der Waals surface area contributed by atoms with Crippen molar-refractivity contribution in [1.82, 2.24) is 5.32 Å². The third-order valence-electron chi connectivity index (χ3n) is 4.69. The molecule has 0 bridgehead atoms. The van der Waals surface area contributed by atoms with Crippen LogP contribution in [0.15, 0.2) is 0 Å². The van der Waals surface area contributed by atoms with Crippen LogP contribution in [0.2, 0.25) is 0 Å². The van der Waals surface area contributed by atoms with Gasteiger partial charge in [0, 0.05) is 39.0 Å². The molecule has 0 aromatic carbocycles. The van der Waals surface area contributed by atoms with Crippen molar-refractivity contribution in [2.24, 2.45) is 5.92 Å². The number of ketones is 1. The highest BCUT2D eigenvalue weighted by atomic mass is 16.6. The zero-order chi connectivity index (χ0) is 27.8. The topological polar surface area (TPSA) is 128 Å². The van der Waals surface area contributed by atoms with E-state index in [-0.39, 0.29) is 36.4 Å². The summed E-state index contributed by atoms with van der Waals surface area (Å²) in [6, 6.07) is 0. The molecule has 0 spiro atoms. The van der Waals surface area contributed by atoms with E-state index in [2.05, 4.69) is 5.32 Å². The smallest absolute Gasteiger partial charge is 0.308 e. The van der Waals surface area contributed by atoms with E-state index in [9.17, 15) is 14.4 Å². The van der Waals surface area contributed by atoms with Crippen molar-refractivity contribution in [3.05, 3.63) is 0 Å². The molecule has 1 atom stereocenters. The SMILES string of the molecule is COCCOCCOCCNC(=O)[C@H](C)CC(=O)CCCOCCOCCOCCC(=O)OC(C)(C)C. The van der Waals surface area contributed by atoms with Crippen LogP contribution in [0, 0.1) is 5.92 Å². The summed E-state index contributed by atoms with van der Waals surface area (Å²) in [6.45, 7) is 12.4. The van der Waals surface area contributed by atoms with Crippen LogP contribution in [0.1, 0.15) is 53.4 Å². The minimum absolute atomic E-state index is 0.0375. The minimum atomic E-state index is -0.487. The molecule has 0 fully saturated rings. The Morgan fingerprint density at radius 1 is 0.703 bits per heavy atom. The van der Waals surface area contributed by atoms with Gasteiger partial charge in [0.15, 0.2) is 0 Å². The zero-order valence-electron chi connectivity index (χ0n) is 23.5. The number of methoxy groups -OCH3 is 1. The highest BCUT2D eigenvalue weighted by molar-refractivity contribution is 5.86. The maximum Gasteiger partial charge on any atom is 0.308 e. The van der Waals surface area contributed by atoms with Crippen molar-refractivity contribution >= 4 is 17.7 Å². The predicted octanol–water partition coefficient (Wildman–Crippen LogP) is 1.94. The van der Waals surface area contributed by atoms with Crippen molar-refractivity contribution in [1.29, 1.82) is 0 Å². The van der Waals surface area contributed by atoms with E-state index in [1.807, 2.05) is 20.8 Å². The van der Waals surface area contributed by atoms with Crippen LogP contribution >= 0.6 is 0 Å². The van der Waals surface area contributed by atoms with E-state index in [0.717, 1.165) is 0 Å². The normalized spacial score (nSPS) is 12.4. The number of nitrogens with one attached hydrogen (secondary N) is 1. The maximum atomic E-state index is 12.1. The summed E-state index contributed by atoms with van der Waals surface area (Å²) in [5.74, 6) is -0.785. The molecule has 37 heavy (non-hydrogen) atoms. The van der Waals surface area contributed by atoms with E-state index in [1.54, 1.807) is 14.0 Å². The first-order valence-corrected chi connectivity index (χ1v) is 13.0. The van der Waals surface area contributed by atoms with Crippen molar-refractivity contribution in [3.63, 3.8) is 0 Å². The Morgan fingerprint density at radius 3 is 1.78 bits per heavy atom. The average molecular weight is 536 g/mol. The van der Waals surface area contributed by atoms with E-state index in [0.29, 0.717) is 92.1 Å². The molecule has 0 aromatic heterocycles. The lowest BCUT2D eigenvalue weighted by Crippen LogP contribution is -2.33. The third kappa shape index (κ3) is 25.8. The fourth-order valence-electron chi connectivity index (χ4n) is 2.88. The Morgan fingerprint density at radius 2 is 1.22 bits per heavy atom. The minimum Gasteiger partial charge on any atom is -0.460 e. The number of Topliss-reactive ketones (excluding diaryl/α,β-unsaturated/α-hetero) is 1. The van der Waals surface area contributed by atoms with Crippen LogP contribution in [-0.2, 0) is 47.5 Å². The molecule has 0 aliphatic carbocycles. The van der Waals surface area contributed by atoms with Gasteiger partial charge in [0.25, 0.3) is 0 Å². The van der Waals surface area contributed by atoms with Gasteiger partial charge in [0.1, 0.15) is 11.4 Å². The summed E-state index contributed by atoms with van der Waals surface area (Å²) >= 11 is 0. The molecule has 11 heteroatoms. The summed E-state index contributed by atoms with van der Waals surface area (Å²) in [6.07, 6.45) is 1.39. The number of carbonyl (C=O) groups is 3. The molecule has 1 amide bonds. The molecular formula is C26H49NO10. The first-order valence-electron chi connectivity index (χ1n) is 13.0. The van der Waals surface area contributed by atoms with Crippen molar-refractivity contribution in [3.8, 4) is 0 Å². The molecule has 0 aromatic rings. The number of carbonyl (C=O) groups excluding carboxylic acids is 3. The molecular weight excluding hydrogens is 486 g/mol. The molecule has 218 valence electrons. The molecule has 0 saturated heterocycles. The van der Waals surface area contributed by atoms with Crippen LogP contribution in [0.5, 0.6) is 0 Å². The van der Waals surface area contributed by atoms with Gasteiger partial charge in [-0.15, -0.1) is 0 Å². The fourth-order valence-corrected chi connectivity index (χ4v) is 2.88. The summed E-state index contributed by atoms with van der Waals surface area (Å²) in [5, 5.41) is 2.78. The average Bonchev–Trinajstić information content (AvgIpc) is 2.82. The van der Waals surface area contributed by atoms with Gasteiger partial charge in [0.2, 0.25) is 5.91 Å².